The Bertz CT molecular complexity index is 1160. The summed E-state index contributed by atoms with van der Waals surface area (Å²) in [5, 5.41) is 12.8. The van der Waals surface area contributed by atoms with Gasteiger partial charge in [0, 0.05) is 5.56 Å². The van der Waals surface area contributed by atoms with Crippen LogP contribution in [-0.4, -0.2) is 19.4 Å². The lowest BCUT2D eigenvalue weighted by Crippen LogP contribution is -2.15. The van der Waals surface area contributed by atoms with Gasteiger partial charge in [-0.05, 0) is 46.9 Å². The Labute approximate surface area is 177 Å². The second kappa shape index (κ2) is 8.32. The molecular formula is C24H25NO4S. The molecule has 156 valence electrons. The van der Waals surface area contributed by atoms with Crippen molar-refractivity contribution < 1.29 is 18.3 Å². The molecule has 0 bridgehead atoms. The van der Waals surface area contributed by atoms with Crippen LogP contribution in [0.4, 0.5) is 5.69 Å². The largest absolute Gasteiger partial charge is 0.506 e. The van der Waals surface area contributed by atoms with Crippen molar-refractivity contribution in [3.63, 3.8) is 0 Å². The molecule has 0 aliphatic carbocycles. The maximum absolute atomic E-state index is 12.8. The quantitative estimate of drug-likeness (QED) is 0.571. The summed E-state index contributed by atoms with van der Waals surface area (Å²) in [6.07, 6.45) is 0. The number of anilines is 1. The fourth-order valence-electron chi connectivity index (χ4n) is 3.00. The first-order valence-electron chi connectivity index (χ1n) is 9.58. The van der Waals surface area contributed by atoms with Crippen LogP contribution in [0.2, 0.25) is 0 Å². The minimum absolute atomic E-state index is 0.0517. The molecule has 0 saturated carbocycles. The van der Waals surface area contributed by atoms with Gasteiger partial charge in [-0.25, -0.2) is 8.42 Å². The lowest BCUT2D eigenvalue weighted by molar-refractivity contribution is 0.102. The summed E-state index contributed by atoms with van der Waals surface area (Å²) in [6, 6.07) is 19.9. The van der Waals surface area contributed by atoms with Crippen molar-refractivity contribution in [1.82, 2.24) is 0 Å². The number of aromatic hydroxyl groups is 1. The van der Waals surface area contributed by atoms with Gasteiger partial charge in [-0.15, -0.1) is 0 Å². The highest BCUT2D eigenvalue weighted by Crippen LogP contribution is 2.31. The molecule has 6 heteroatoms. The molecule has 0 atom stereocenters. The Morgan fingerprint density at radius 1 is 0.933 bits per heavy atom. The van der Waals surface area contributed by atoms with E-state index < -0.39 is 15.7 Å². The van der Waals surface area contributed by atoms with E-state index in [9.17, 15) is 18.3 Å². The third-order valence-electron chi connectivity index (χ3n) is 4.77. The number of carbonyl (C=O) groups is 1. The van der Waals surface area contributed by atoms with E-state index in [1.165, 1.54) is 24.3 Å². The molecule has 3 aromatic carbocycles. The standard InChI is InChI=1S/C24H25NO4S/c1-24(2,3)19-12-13-22(26)21(15-19)25-23(27)18-10-7-11-20(14-18)30(28,29)16-17-8-5-4-6-9-17/h4-15,26H,16H2,1-3H3,(H,25,27). The molecule has 0 unspecified atom stereocenters. The molecule has 1 amide bonds. The molecule has 0 aliphatic heterocycles. The highest BCUT2D eigenvalue weighted by atomic mass is 32.2. The molecule has 0 spiro atoms. The van der Waals surface area contributed by atoms with Gasteiger partial charge in [0.05, 0.1) is 16.3 Å². The molecule has 30 heavy (non-hydrogen) atoms. The number of hydrogen-bond acceptors (Lipinski definition) is 4. The van der Waals surface area contributed by atoms with Crippen LogP contribution in [0.3, 0.4) is 0 Å². The van der Waals surface area contributed by atoms with Crippen LogP contribution in [0.25, 0.3) is 0 Å². The SMILES string of the molecule is CC(C)(C)c1ccc(O)c(NC(=O)c2cccc(S(=O)(=O)Cc3ccccc3)c2)c1. The van der Waals surface area contributed by atoms with Gasteiger partial charge in [-0.1, -0.05) is 63.2 Å². The third kappa shape index (κ3) is 5.07. The van der Waals surface area contributed by atoms with Gasteiger partial charge in [0.2, 0.25) is 0 Å². The van der Waals surface area contributed by atoms with Gasteiger partial charge in [0.25, 0.3) is 5.91 Å². The third-order valence-corrected chi connectivity index (χ3v) is 6.45. The van der Waals surface area contributed by atoms with Crippen molar-refractivity contribution in [2.45, 2.75) is 36.8 Å². The number of benzene rings is 3. The zero-order valence-corrected chi connectivity index (χ0v) is 18.0. The molecular weight excluding hydrogens is 398 g/mol. The topological polar surface area (TPSA) is 83.5 Å². The number of phenols is 1. The molecule has 0 fully saturated rings. The predicted molar refractivity (Wildman–Crippen MR) is 119 cm³/mol. The van der Waals surface area contributed by atoms with Crippen LogP contribution in [0.15, 0.2) is 77.7 Å². The van der Waals surface area contributed by atoms with Gasteiger partial charge < -0.3 is 10.4 Å². The first-order valence-corrected chi connectivity index (χ1v) is 11.2. The molecule has 0 aliphatic rings. The van der Waals surface area contributed by atoms with Crippen LogP contribution in [0.1, 0.15) is 42.3 Å². The van der Waals surface area contributed by atoms with Gasteiger partial charge in [-0.2, -0.15) is 0 Å². The maximum atomic E-state index is 12.8. The summed E-state index contributed by atoms with van der Waals surface area (Å²) >= 11 is 0. The van der Waals surface area contributed by atoms with Crippen molar-refractivity contribution in [3.8, 4) is 5.75 Å². The Morgan fingerprint density at radius 3 is 2.30 bits per heavy atom. The van der Waals surface area contributed by atoms with Gasteiger partial charge in [0.1, 0.15) is 5.75 Å². The monoisotopic (exact) mass is 423 g/mol. The van der Waals surface area contributed by atoms with E-state index in [4.69, 9.17) is 0 Å². The van der Waals surface area contributed by atoms with E-state index in [1.807, 2.05) is 32.9 Å². The zero-order chi connectivity index (χ0) is 21.9. The minimum Gasteiger partial charge on any atom is -0.506 e. The number of hydrogen-bond donors (Lipinski definition) is 2. The summed E-state index contributed by atoms with van der Waals surface area (Å²) in [4.78, 5) is 12.8. The number of amides is 1. The number of rotatable bonds is 5. The molecule has 3 aromatic rings. The Hall–Kier alpha value is -3.12. The van der Waals surface area contributed by atoms with Gasteiger partial charge >= 0.3 is 0 Å². The van der Waals surface area contributed by atoms with E-state index in [1.54, 1.807) is 36.4 Å². The Kier molecular flexibility index (Phi) is 5.99. The van der Waals surface area contributed by atoms with Crippen molar-refractivity contribution >= 4 is 21.4 Å². The average molecular weight is 424 g/mol. The lowest BCUT2D eigenvalue weighted by atomic mass is 9.87. The molecule has 0 aromatic heterocycles. The van der Waals surface area contributed by atoms with Gasteiger partial charge in [0.15, 0.2) is 9.84 Å². The van der Waals surface area contributed by atoms with E-state index in [-0.39, 0.29) is 33.1 Å². The van der Waals surface area contributed by atoms with E-state index in [0.29, 0.717) is 5.56 Å². The van der Waals surface area contributed by atoms with Crippen molar-refractivity contribution in [2.75, 3.05) is 5.32 Å². The molecule has 0 saturated heterocycles. The molecule has 0 radical (unpaired) electrons. The minimum atomic E-state index is -3.61. The molecule has 0 heterocycles. The van der Waals surface area contributed by atoms with Crippen LogP contribution in [0.5, 0.6) is 5.75 Å². The molecule has 3 rings (SSSR count). The summed E-state index contributed by atoms with van der Waals surface area (Å²) in [5.74, 6) is -0.690. The van der Waals surface area contributed by atoms with E-state index in [0.717, 1.165) is 5.56 Å². The van der Waals surface area contributed by atoms with Crippen LogP contribution < -0.4 is 5.32 Å². The zero-order valence-electron chi connectivity index (χ0n) is 17.2. The highest BCUT2D eigenvalue weighted by molar-refractivity contribution is 7.90. The number of carbonyl (C=O) groups excluding carboxylic acids is 1. The smallest absolute Gasteiger partial charge is 0.255 e. The predicted octanol–water partition coefficient (Wildman–Crippen LogP) is 4.92. The van der Waals surface area contributed by atoms with Crippen molar-refractivity contribution in [2.24, 2.45) is 0 Å². The number of phenolic OH excluding ortho intramolecular Hbond substituents is 1. The Morgan fingerprint density at radius 2 is 1.63 bits per heavy atom. The van der Waals surface area contributed by atoms with Crippen molar-refractivity contribution in [1.29, 1.82) is 0 Å². The fourth-order valence-corrected chi connectivity index (χ4v) is 4.40. The van der Waals surface area contributed by atoms with Gasteiger partial charge in [-0.3, -0.25) is 4.79 Å². The fraction of sp³-hybridized carbons (Fsp3) is 0.208. The first-order chi connectivity index (χ1) is 14.1. The van der Waals surface area contributed by atoms with Crippen LogP contribution >= 0.6 is 0 Å². The summed E-state index contributed by atoms with van der Waals surface area (Å²) in [7, 11) is -3.61. The highest BCUT2D eigenvalue weighted by Gasteiger charge is 2.19. The normalized spacial score (nSPS) is 11.8. The first kappa shape index (κ1) is 21.6. The number of nitrogens with one attached hydrogen (secondary N) is 1. The van der Waals surface area contributed by atoms with E-state index >= 15 is 0 Å². The van der Waals surface area contributed by atoms with Crippen molar-refractivity contribution in [3.05, 3.63) is 89.5 Å². The molecule has 5 nitrogen and oxygen atoms in total. The van der Waals surface area contributed by atoms with Crippen LogP contribution in [0, 0.1) is 0 Å². The average Bonchev–Trinajstić information content (AvgIpc) is 2.69. The number of sulfone groups is 1. The second-order valence-corrected chi connectivity index (χ2v) is 10.2. The summed E-state index contributed by atoms with van der Waals surface area (Å²) in [6.45, 7) is 6.10. The molecule has 2 N–H and O–H groups in total. The second-order valence-electron chi connectivity index (χ2n) is 8.21. The Balaban J connectivity index is 1.85. The van der Waals surface area contributed by atoms with E-state index in [2.05, 4.69) is 5.32 Å². The summed E-state index contributed by atoms with van der Waals surface area (Å²) < 4.78 is 25.5. The maximum Gasteiger partial charge on any atom is 0.255 e. The summed E-state index contributed by atoms with van der Waals surface area (Å²) in [5.41, 5.74) is 1.96. The van der Waals surface area contributed by atoms with Crippen LogP contribution in [-0.2, 0) is 21.0 Å². The lowest BCUT2D eigenvalue weighted by Gasteiger charge is -2.20.